The van der Waals surface area contributed by atoms with Crippen molar-refractivity contribution >= 4 is 5.78 Å². The predicted octanol–water partition coefficient (Wildman–Crippen LogP) is 2.93. The van der Waals surface area contributed by atoms with Gasteiger partial charge in [-0.3, -0.25) is 4.79 Å². The third-order valence-corrected chi connectivity index (χ3v) is 3.15. The van der Waals surface area contributed by atoms with Gasteiger partial charge >= 0.3 is 0 Å². The van der Waals surface area contributed by atoms with Gasteiger partial charge in [0.25, 0.3) is 0 Å². The standard InChI is InChI=1S/C14H18O2/c1-10(15)13-12(9-14(2,3)16-13)11-7-5-4-6-8-11/h4-8,12-13H,9H2,1-3H3/t12?,13-/m1/s1. The first kappa shape index (κ1) is 11.3. The summed E-state index contributed by atoms with van der Waals surface area (Å²) in [5.74, 6) is 0.327. The van der Waals surface area contributed by atoms with Gasteiger partial charge in [-0.05, 0) is 32.8 Å². The third-order valence-electron chi connectivity index (χ3n) is 3.15. The lowest BCUT2D eigenvalue weighted by atomic mass is 9.87. The van der Waals surface area contributed by atoms with Crippen molar-refractivity contribution in [3.63, 3.8) is 0 Å². The zero-order valence-electron chi connectivity index (χ0n) is 10.1. The molecule has 0 spiro atoms. The number of Topliss-reactive ketones (excluding diaryl/α,β-unsaturated/α-hetero) is 1. The summed E-state index contributed by atoms with van der Waals surface area (Å²) in [6.45, 7) is 5.71. The molecule has 2 heteroatoms. The Bertz CT molecular complexity index is 381. The highest BCUT2D eigenvalue weighted by molar-refractivity contribution is 5.82. The minimum absolute atomic E-state index is 0.124. The lowest BCUT2D eigenvalue weighted by molar-refractivity contribution is -0.131. The SMILES string of the molecule is CC(=O)[C@H]1OC(C)(C)CC1c1ccccc1. The second kappa shape index (κ2) is 4.02. The smallest absolute Gasteiger partial charge is 0.159 e. The predicted molar refractivity (Wildman–Crippen MR) is 63.4 cm³/mol. The van der Waals surface area contributed by atoms with Crippen molar-refractivity contribution in [2.75, 3.05) is 0 Å². The van der Waals surface area contributed by atoms with Gasteiger partial charge in [0.05, 0.1) is 5.60 Å². The normalized spacial score (nSPS) is 27.9. The molecule has 1 unspecified atom stereocenters. The molecule has 1 aliphatic rings. The Morgan fingerprint density at radius 3 is 2.50 bits per heavy atom. The van der Waals surface area contributed by atoms with Crippen LogP contribution in [0.3, 0.4) is 0 Å². The van der Waals surface area contributed by atoms with E-state index in [1.165, 1.54) is 5.56 Å². The molecule has 1 aromatic rings. The number of benzene rings is 1. The van der Waals surface area contributed by atoms with E-state index in [1.807, 2.05) is 32.0 Å². The summed E-state index contributed by atoms with van der Waals surface area (Å²) in [6, 6.07) is 10.2. The van der Waals surface area contributed by atoms with E-state index >= 15 is 0 Å². The summed E-state index contributed by atoms with van der Waals surface area (Å²) in [7, 11) is 0. The largest absolute Gasteiger partial charge is 0.364 e. The topological polar surface area (TPSA) is 26.3 Å². The fourth-order valence-electron chi connectivity index (χ4n) is 2.47. The number of ether oxygens (including phenoxy) is 1. The number of rotatable bonds is 2. The van der Waals surface area contributed by atoms with Gasteiger partial charge in [0.2, 0.25) is 0 Å². The number of hydrogen-bond acceptors (Lipinski definition) is 2. The molecule has 0 aromatic heterocycles. The lowest BCUT2D eigenvalue weighted by Gasteiger charge is -2.17. The zero-order valence-corrected chi connectivity index (χ0v) is 10.1. The van der Waals surface area contributed by atoms with Crippen LogP contribution in [0.5, 0.6) is 0 Å². The molecule has 16 heavy (non-hydrogen) atoms. The molecule has 2 atom stereocenters. The van der Waals surface area contributed by atoms with Crippen LogP contribution in [0.15, 0.2) is 30.3 Å². The second-order valence-corrected chi connectivity index (χ2v) is 5.13. The van der Waals surface area contributed by atoms with Crippen LogP contribution in [-0.4, -0.2) is 17.5 Å². The molecule has 1 aromatic carbocycles. The molecule has 1 aliphatic heterocycles. The third kappa shape index (κ3) is 2.17. The molecule has 0 N–H and O–H groups in total. The Morgan fingerprint density at radius 2 is 1.94 bits per heavy atom. The van der Waals surface area contributed by atoms with Gasteiger partial charge in [-0.25, -0.2) is 0 Å². The van der Waals surface area contributed by atoms with Gasteiger partial charge < -0.3 is 4.74 Å². The van der Waals surface area contributed by atoms with Crippen LogP contribution in [0.1, 0.15) is 38.7 Å². The van der Waals surface area contributed by atoms with Gasteiger partial charge in [-0.15, -0.1) is 0 Å². The molecule has 0 radical (unpaired) electrons. The Morgan fingerprint density at radius 1 is 1.31 bits per heavy atom. The minimum Gasteiger partial charge on any atom is -0.364 e. The lowest BCUT2D eigenvalue weighted by Crippen LogP contribution is -2.25. The van der Waals surface area contributed by atoms with Crippen LogP contribution in [0.4, 0.5) is 0 Å². The Kier molecular flexibility index (Phi) is 2.85. The zero-order chi connectivity index (χ0) is 11.8. The van der Waals surface area contributed by atoms with E-state index < -0.39 is 0 Å². The molecule has 2 rings (SSSR count). The number of ketones is 1. The molecule has 86 valence electrons. The molecule has 1 saturated heterocycles. The average Bonchev–Trinajstić information content (AvgIpc) is 2.56. The van der Waals surface area contributed by atoms with Crippen molar-refractivity contribution in [3.8, 4) is 0 Å². The van der Waals surface area contributed by atoms with E-state index in [0.717, 1.165) is 6.42 Å². The van der Waals surface area contributed by atoms with Crippen molar-refractivity contribution in [2.45, 2.75) is 44.8 Å². The van der Waals surface area contributed by atoms with Crippen LogP contribution in [-0.2, 0) is 9.53 Å². The first-order chi connectivity index (χ1) is 7.49. The number of hydrogen-bond donors (Lipinski definition) is 0. The first-order valence-electron chi connectivity index (χ1n) is 5.73. The van der Waals surface area contributed by atoms with E-state index in [9.17, 15) is 4.79 Å². The molecule has 0 bridgehead atoms. The highest BCUT2D eigenvalue weighted by Crippen LogP contribution is 2.41. The molecule has 0 saturated carbocycles. The van der Waals surface area contributed by atoms with Crippen molar-refractivity contribution in [1.29, 1.82) is 0 Å². The van der Waals surface area contributed by atoms with Gasteiger partial charge in [0.15, 0.2) is 5.78 Å². The van der Waals surface area contributed by atoms with Gasteiger partial charge in [-0.1, -0.05) is 30.3 Å². The monoisotopic (exact) mass is 218 g/mol. The number of carbonyl (C=O) groups is 1. The van der Waals surface area contributed by atoms with Gasteiger partial charge in [0, 0.05) is 5.92 Å². The fourth-order valence-corrected chi connectivity index (χ4v) is 2.47. The van der Waals surface area contributed by atoms with Crippen molar-refractivity contribution in [1.82, 2.24) is 0 Å². The molecule has 0 aliphatic carbocycles. The summed E-state index contributed by atoms with van der Waals surface area (Å²) in [4.78, 5) is 11.6. The van der Waals surface area contributed by atoms with Crippen LogP contribution in [0, 0.1) is 0 Å². The van der Waals surface area contributed by atoms with Crippen molar-refractivity contribution in [2.24, 2.45) is 0 Å². The first-order valence-corrected chi connectivity index (χ1v) is 5.73. The van der Waals surface area contributed by atoms with E-state index in [0.29, 0.717) is 0 Å². The summed E-state index contributed by atoms with van der Waals surface area (Å²) < 4.78 is 5.83. The highest BCUT2D eigenvalue weighted by atomic mass is 16.5. The quantitative estimate of drug-likeness (QED) is 0.763. The summed E-state index contributed by atoms with van der Waals surface area (Å²) in [6.07, 6.45) is 0.624. The molecule has 0 amide bonds. The Hall–Kier alpha value is -1.15. The van der Waals surface area contributed by atoms with Crippen LogP contribution >= 0.6 is 0 Å². The average molecular weight is 218 g/mol. The van der Waals surface area contributed by atoms with Crippen molar-refractivity contribution < 1.29 is 9.53 Å². The van der Waals surface area contributed by atoms with Gasteiger partial charge in [0.1, 0.15) is 6.10 Å². The molecular weight excluding hydrogens is 200 g/mol. The molecule has 1 heterocycles. The van der Waals surface area contributed by atoms with E-state index in [4.69, 9.17) is 4.74 Å². The maximum Gasteiger partial charge on any atom is 0.159 e. The van der Waals surface area contributed by atoms with Crippen molar-refractivity contribution in [3.05, 3.63) is 35.9 Å². The molecule has 1 fully saturated rings. The minimum atomic E-state index is -0.280. The molecular formula is C14H18O2. The number of carbonyl (C=O) groups excluding carboxylic acids is 1. The highest BCUT2D eigenvalue weighted by Gasteiger charge is 2.42. The maximum atomic E-state index is 11.6. The van der Waals surface area contributed by atoms with E-state index in [-0.39, 0.29) is 23.4 Å². The van der Waals surface area contributed by atoms with Gasteiger partial charge in [-0.2, -0.15) is 0 Å². The summed E-state index contributed by atoms with van der Waals surface area (Å²) in [5.41, 5.74) is 1.00. The second-order valence-electron chi connectivity index (χ2n) is 5.13. The van der Waals surface area contributed by atoms with Crippen LogP contribution in [0.2, 0.25) is 0 Å². The maximum absolute atomic E-state index is 11.6. The van der Waals surface area contributed by atoms with Crippen LogP contribution in [0.25, 0.3) is 0 Å². The summed E-state index contributed by atoms with van der Waals surface area (Å²) >= 11 is 0. The van der Waals surface area contributed by atoms with E-state index in [2.05, 4.69) is 12.1 Å². The Labute approximate surface area is 96.6 Å². The fraction of sp³-hybridized carbons (Fsp3) is 0.500. The molecule has 2 nitrogen and oxygen atoms in total. The Balaban J connectivity index is 2.29. The van der Waals surface area contributed by atoms with E-state index in [1.54, 1.807) is 6.92 Å². The van der Waals surface area contributed by atoms with Crippen LogP contribution < -0.4 is 0 Å². The summed E-state index contributed by atoms with van der Waals surface area (Å²) in [5, 5.41) is 0.